The molecule has 1 heterocycles. The lowest BCUT2D eigenvalue weighted by Crippen LogP contribution is -2.35. The number of aromatic nitrogens is 2. The van der Waals surface area contributed by atoms with E-state index in [0.717, 1.165) is 18.4 Å². The lowest BCUT2D eigenvalue weighted by Gasteiger charge is -2.11. The van der Waals surface area contributed by atoms with Gasteiger partial charge < -0.3 is 0 Å². The first-order valence-corrected chi connectivity index (χ1v) is 11.3. The van der Waals surface area contributed by atoms with Gasteiger partial charge in [-0.25, -0.2) is 22.6 Å². The fourth-order valence-electron chi connectivity index (χ4n) is 3.00. The van der Waals surface area contributed by atoms with E-state index in [1.54, 1.807) is 36.4 Å². The predicted octanol–water partition coefficient (Wildman–Crippen LogP) is 3.91. The highest BCUT2D eigenvalue weighted by Gasteiger charge is 2.23. The van der Waals surface area contributed by atoms with E-state index >= 15 is 0 Å². The third-order valence-electron chi connectivity index (χ3n) is 4.63. The summed E-state index contributed by atoms with van der Waals surface area (Å²) < 4.78 is 28.5. The number of urea groups is 1. The van der Waals surface area contributed by atoms with Crippen LogP contribution in [0.3, 0.4) is 0 Å². The third kappa shape index (κ3) is 5.10. The number of hydrogen-bond donors (Lipinski definition) is 2. The van der Waals surface area contributed by atoms with Crippen LogP contribution >= 0.6 is 0 Å². The largest absolute Gasteiger partial charge is 0.334 e. The molecular formula is C22H23N5O3S. The molecule has 2 amide bonds. The second-order valence-electron chi connectivity index (χ2n) is 7.01. The number of para-hydroxylation sites is 1. The van der Waals surface area contributed by atoms with Crippen molar-refractivity contribution in [1.29, 1.82) is 5.26 Å². The number of nitriles is 1. The summed E-state index contributed by atoms with van der Waals surface area (Å²) in [6, 6.07) is 16.3. The average molecular weight is 438 g/mol. The number of aryl methyl sites for hydroxylation is 2. The van der Waals surface area contributed by atoms with Crippen LogP contribution < -0.4 is 10.0 Å². The van der Waals surface area contributed by atoms with Crippen LogP contribution in [0.4, 0.5) is 10.6 Å². The summed E-state index contributed by atoms with van der Waals surface area (Å²) in [4.78, 5) is 12.6. The molecule has 0 bridgehead atoms. The predicted molar refractivity (Wildman–Crippen MR) is 117 cm³/mol. The summed E-state index contributed by atoms with van der Waals surface area (Å²) in [6.07, 6.45) is 2.31. The zero-order chi connectivity index (χ0) is 22.4. The minimum atomic E-state index is -4.08. The molecule has 31 heavy (non-hydrogen) atoms. The Balaban J connectivity index is 1.93. The summed E-state index contributed by atoms with van der Waals surface area (Å²) in [5.74, 6) is 0.122. The highest BCUT2D eigenvalue weighted by molar-refractivity contribution is 7.90. The number of benzene rings is 2. The quantitative estimate of drug-likeness (QED) is 0.581. The fraction of sp³-hybridized carbons (Fsp3) is 0.227. The number of rotatable bonds is 7. The Morgan fingerprint density at radius 1 is 1.13 bits per heavy atom. The Hall–Kier alpha value is -3.64. The van der Waals surface area contributed by atoms with E-state index in [-0.39, 0.29) is 16.3 Å². The molecule has 0 atom stereocenters. The Morgan fingerprint density at radius 3 is 2.42 bits per heavy atom. The van der Waals surface area contributed by atoms with E-state index in [9.17, 15) is 18.5 Å². The highest BCUT2D eigenvalue weighted by Crippen LogP contribution is 2.25. The maximum atomic E-state index is 12.6. The van der Waals surface area contributed by atoms with E-state index in [1.165, 1.54) is 16.8 Å². The van der Waals surface area contributed by atoms with Crippen LogP contribution in [0, 0.1) is 18.3 Å². The van der Waals surface area contributed by atoms with Gasteiger partial charge in [0, 0.05) is 0 Å². The summed E-state index contributed by atoms with van der Waals surface area (Å²) >= 11 is 0. The second kappa shape index (κ2) is 9.45. The number of nitrogens with zero attached hydrogens (tertiary/aromatic N) is 3. The summed E-state index contributed by atoms with van der Waals surface area (Å²) in [7, 11) is -4.08. The normalized spacial score (nSPS) is 11.0. The first-order valence-electron chi connectivity index (χ1n) is 9.83. The molecule has 2 N–H and O–H groups in total. The lowest BCUT2D eigenvalue weighted by molar-refractivity contribution is 0.256. The number of anilines is 1. The van der Waals surface area contributed by atoms with E-state index in [0.29, 0.717) is 17.8 Å². The SMILES string of the molecule is CCCCc1nn(-c2ccccc2)c(NC(=O)NS(=O)(=O)c2ccc(C)cc2)c1C#N. The van der Waals surface area contributed by atoms with Crippen molar-refractivity contribution in [3.05, 3.63) is 71.4 Å². The molecule has 9 heteroatoms. The smallest absolute Gasteiger partial charge is 0.290 e. The van der Waals surface area contributed by atoms with Crippen LogP contribution in [0.15, 0.2) is 59.5 Å². The van der Waals surface area contributed by atoms with Crippen molar-refractivity contribution in [3.8, 4) is 11.8 Å². The van der Waals surface area contributed by atoms with Crippen molar-refractivity contribution in [2.24, 2.45) is 0 Å². The van der Waals surface area contributed by atoms with Crippen LogP contribution in [-0.2, 0) is 16.4 Å². The zero-order valence-corrected chi connectivity index (χ0v) is 18.1. The number of hydrogen-bond acceptors (Lipinski definition) is 5. The van der Waals surface area contributed by atoms with Crippen LogP contribution in [0.2, 0.25) is 0 Å². The standard InChI is InChI=1S/C22H23N5O3S/c1-3-4-10-20-19(15-23)21(27(25-20)17-8-6-5-7-9-17)24-22(28)26-31(29,30)18-13-11-16(2)12-14-18/h5-9,11-14H,3-4,10H2,1-2H3,(H2,24,26,28). The van der Waals surface area contributed by atoms with Crippen molar-refractivity contribution in [3.63, 3.8) is 0 Å². The highest BCUT2D eigenvalue weighted by atomic mass is 32.2. The Bertz CT molecular complexity index is 1210. The molecule has 0 aliphatic rings. The summed E-state index contributed by atoms with van der Waals surface area (Å²) in [5, 5.41) is 16.7. The van der Waals surface area contributed by atoms with E-state index in [2.05, 4.69) is 16.5 Å². The number of carbonyl (C=O) groups excluding carboxylic acids is 1. The van der Waals surface area contributed by atoms with Crippen LogP contribution in [0.25, 0.3) is 5.69 Å². The van der Waals surface area contributed by atoms with Crippen molar-refractivity contribution < 1.29 is 13.2 Å². The maximum Gasteiger partial charge on any atom is 0.334 e. The van der Waals surface area contributed by atoms with Gasteiger partial charge in [0.05, 0.1) is 16.3 Å². The molecule has 3 aromatic rings. The molecule has 160 valence electrons. The summed E-state index contributed by atoms with van der Waals surface area (Å²) in [6.45, 7) is 3.86. The molecule has 8 nitrogen and oxygen atoms in total. The molecule has 3 rings (SSSR count). The van der Waals surface area contributed by atoms with Gasteiger partial charge in [-0.05, 0) is 44.0 Å². The molecule has 1 aromatic heterocycles. The van der Waals surface area contributed by atoms with Gasteiger partial charge in [0.1, 0.15) is 11.6 Å². The average Bonchev–Trinajstić information content (AvgIpc) is 3.09. The van der Waals surface area contributed by atoms with E-state index < -0.39 is 16.1 Å². The molecule has 0 aliphatic heterocycles. The fourth-order valence-corrected chi connectivity index (χ4v) is 3.91. The molecule has 2 aromatic carbocycles. The van der Waals surface area contributed by atoms with Gasteiger partial charge >= 0.3 is 6.03 Å². The molecule has 0 aliphatic carbocycles. The molecule has 0 unspecified atom stereocenters. The number of nitrogens with one attached hydrogen (secondary N) is 2. The van der Waals surface area contributed by atoms with Gasteiger partial charge in [-0.1, -0.05) is 49.2 Å². The topological polar surface area (TPSA) is 117 Å². The van der Waals surface area contributed by atoms with Crippen molar-refractivity contribution in [1.82, 2.24) is 14.5 Å². The number of unbranched alkanes of at least 4 members (excludes halogenated alkanes) is 1. The van der Waals surface area contributed by atoms with E-state index in [4.69, 9.17) is 0 Å². The third-order valence-corrected chi connectivity index (χ3v) is 5.97. The van der Waals surface area contributed by atoms with Gasteiger partial charge in [0.15, 0.2) is 5.82 Å². The minimum absolute atomic E-state index is 0.0334. The monoisotopic (exact) mass is 437 g/mol. The Morgan fingerprint density at radius 2 is 1.81 bits per heavy atom. The first kappa shape index (κ1) is 22.1. The number of sulfonamides is 1. The molecule has 0 saturated carbocycles. The molecular weight excluding hydrogens is 414 g/mol. The summed E-state index contributed by atoms with van der Waals surface area (Å²) in [5.41, 5.74) is 2.29. The van der Waals surface area contributed by atoms with Gasteiger partial charge in [-0.15, -0.1) is 0 Å². The Kier molecular flexibility index (Phi) is 6.72. The van der Waals surface area contributed by atoms with Crippen LogP contribution in [0.1, 0.15) is 36.6 Å². The van der Waals surface area contributed by atoms with Gasteiger partial charge in [0.2, 0.25) is 0 Å². The van der Waals surface area contributed by atoms with Gasteiger partial charge in [-0.2, -0.15) is 10.4 Å². The van der Waals surface area contributed by atoms with Crippen LogP contribution in [-0.4, -0.2) is 24.2 Å². The minimum Gasteiger partial charge on any atom is -0.290 e. The Labute approximate surface area is 181 Å². The molecule has 0 spiro atoms. The van der Waals surface area contributed by atoms with Crippen molar-refractivity contribution >= 4 is 21.9 Å². The van der Waals surface area contributed by atoms with Crippen molar-refractivity contribution in [2.75, 3.05) is 5.32 Å². The number of amides is 2. The molecule has 0 radical (unpaired) electrons. The molecule has 0 saturated heterocycles. The number of carbonyl (C=O) groups is 1. The molecule has 0 fully saturated rings. The maximum absolute atomic E-state index is 12.6. The van der Waals surface area contributed by atoms with Gasteiger partial charge in [0.25, 0.3) is 10.0 Å². The van der Waals surface area contributed by atoms with E-state index in [1.807, 2.05) is 24.6 Å². The first-order chi connectivity index (χ1) is 14.9. The second-order valence-corrected chi connectivity index (χ2v) is 8.69. The lowest BCUT2D eigenvalue weighted by atomic mass is 10.1. The zero-order valence-electron chi connectivity index (χ0n) is 17.3. The van der Waals surface area contributed by atoms with Gasteiger partial charge in [-0.3, -0.25) is 5.32 Å². The van der Waals surface area contributed by atoms with Crippen molar-refractivity contribution in [2.45, 2.75) is 38.0 Å². The van der Waals surface area contributed by atoms with Crippen LogP contribution in [0.5, 0.6) is 0 Å².